The molecule has 6 heteroatoms. The van der Waals surface area contributed by atoms with Gasteiger partial charge >= 0.3 is 0 Å². The molecule has 0 saturated heterocycles. The van der Waals surface area contributed by atoms with E-state index in [1.165, 1.54) is 0 Å². The molecule has 2 heterocycles. The molecule has 0 spiro atoms. The number of furan rings is 1. The van der Waals surface area contributed by atoms with Gasteiger partial charge in [-0.15, -0.1) is 5.10 Å². The molecule has 0 bridgehead atoms. The van der Waals surface area contributed by atoms with E-state index in [4.69, 9.17) is 4.42 Å². The molecule has 0 aliphatic heterocycles. The summed E-state index contributed by atoms with van der Waals surface area (Å²) in [5.74, 6) is 2.21. The topological polar surface area (TPSA) is 66.7 Å². The Labute approximate surface area is 114 Å². The second-order valence-electron chi connectivity index (χ2n) is 3.82. The van der Waals surface area contributed by atoms with E-state index < -0.39 is 0 Å². The molecule has 19 heavy (non-hydrogen) atoms. The van der Waals surface area contributed by atoms with E-state index in [1.807, 2.05) is 42.5 Å². The largest absolute Gasteiger partial charge is 0.468 e. The Morgan fingerprint density at radius 2 is 2.05 bits per heavy atom. The van der Waals surface area contributed by atoms with Crippen molar-refractivity contribution in [3.05, 3.63) is 54.5 Å². The van der Waals surface area contributed by atoms with Crippen molar-refractivity contribution in [3.8, 4) is 0 Å². The molecule has 3 rings (SSSR count). The van der Waals surface area contributed by atoms with Gasteiger partial charge in [0.15, 0.2) is 5.16 Å². The third kappa shape index (κ3) is 3.17. The number of anilines is 2. The number of aromatic amines is 1. The Morgan fingerprint density at radius 3 is 2.84 bits per heavy atom. The SMILES string of the molecule is c1ccc(Nc2n[nH]c(SCc3ccco3)n2)cc1. The molecule has 0 atom stereocenters. The number of nitrogens with one attached hydrogen (secondary N) is 2. The van der Waals surface area contributed by atoms with Crippen molar-refractivity contribution in [2.45, 2.75) is 10.9 Å². The minimum atomic E-state index is 0.563. The Kier molecular flexibility index (Phi) is 3.51. The van der Waals surface area contributed by atoms with Gasteiger partial charge in [-0.3, -0.25) is 5.10 Å². The number of thioether (sulfide) groups is 1. The fourth-order valence-electron chi connectivity index (χ4n) is 1.55. The standard InChI is InChI=1S/C13H12N4OS/c1-2-5-10(6-3-1)14-12-15-13(17-16-12)19-9-11-7-4-8-18-11/h1-8H,9H2,(H2,14,15,16,17). The van der Waals surface area contributed by atoms with Crippen LogP contribution in [-0.4, -0.2) is 15.2 Å². The summed E-state index contributed by atoms with van der Waals surface area (Å²) in [7, 11) is 0. The summed E-state index contributed by atoms with van der Waals surface area (Å²) in [4.78, 5) is 4.35. The zero-order valence-electron chi connectivity index (χ0n) is 10.0. The molecule has 96 valence electrons. The normalized spacial score (nSPS) is 10.5. The van der Waals surface area contributed by atoms with E-state index in [9.17, 15) is 0 Å². The zero-order chi connectivity index (χ0) is 12.9. The average Bonchev–Trinajstić information content (AvgIpc) is 3.09. The van der Waals surface area contributed by atoms with Crippen LogP contribution in [0.25, 0.3) is 0 Å². The summed E-state index contributed by atoms with van der Waals surface area (Å²) in [6.45, 7) is 0. The fraction of sp³-hybridized carbons (Fsp3) is 0.0769. The Hall–Kier alpha value is -2.21. The highest BCUT2D eigenvalue weighted by atomic mass is 32.2. The minimum Gasteiger partial charge on any atom is -0.468 e. The fourth-order valence-corrected chi connectivity index (χ4v) is 2.26. The predicted molar refractivity (Wildman–Crippen MR) is 74.4 cm³/mol. The van der Waals surface area contributed by atoms with Crippen LogP contribution < -0.4 is 5.32 Å². The maximum absolute atomic E-state index is 5.26. The van der Waals surface area contributed by atoms with Crippen molar-refractivity contribution < 1.29 is 4.42 Å². The summed E-state index contributed by atoms with van der Waals surface area (Å²) in [5.41, 5.74) is 0.962. The number of hydrogen-bond donors (Lipinski definition) is 2. The van der Waals surface area contributed by atoms with Crippen molar-refractivity contribution in [2.24, 2.45) is 0 Å². The smallest absolute Gasteiger partial charge is 0.247 e. The maximum atomic E-state index is 5.26. The Bertz CT molecular complexity index is 621. The first-order valence-corrected chi connectivity index (χ1v) is 6.78. The molecule has 2 aromatic heterocycles. The van der Waals surface area contributed by atoms with Crippen LogP contribution >= 0.6 is 11.8 Å². The van der Waals surface area contributed by atoms with Crippen LogP contribution in [-0.2, 0) is 5.75 Å². The molecule has 0 saturated carbocycles. The highest BCUT2D eigenvalue weighted by Crippen LogP contribution is 2.21. The number of benzene rings is 1. The number of rotatable bonds is 5. The summed E-state index contributed by atoms with van der Waals surface area (Å²) in [6.07, 6.45) is 1.67. The second kappa shape index (κ2) is 5.62. The Balaban J connectivity index is 1.60. The van der Waals surface area contributed by atoms with Crippen molar-refractivity contribution in [1.82, 2.24) is 15.2 Å². The molecular formula is C13H12N4OS. The molecule has 0 fully saturated rings. The van der Waals surface area contributed by atoms with Gasteiger partial charge in [-0.05, 0) is 24.3 Å². The number of nitrogens with zero attached hydrogens (tertiary/aromatic N) is 2. The van der Waals surface area contributed by atoms with Gasteiger partial charge in [0.1, 0.15) is 5.76 Å². The summed E-state index contributed by atoms with van der Waals surface area (Å²) >= 11 is 1.55. The van der Waals surface area contributed by atoms with Crippen molar-refractivity contribution >= 4 is 23.4 Å². The lowest BCUT2D eigenvalue weighted by Gasteiger charge is -1.99. The first-order chi connectivity index (χ1) is 9.40. The summed E-state index contributed by atoms with van der Waals surface area (Å²) < 4.78 is 5.26. The van der Waals surface area contributed by atoms with Gasteiger partial charge < -0.3 is 9.73 Å². The van der Waals surface area contributed by atoms with E-state index in [-0.39, 0.29) is 0 Å². The first-order valence-electron chi connectivity index (χ1n) is 5.80. The van der Waals surface area contributed by atoms with Crippen molar-refractivity contribution in [1.29, 1.82) is 0 Å². The Morgan fingerprint density at radius 1 is 1.16 bits per heavy atom. The lowest BCUT2D eigenvalue weighted by atomic mass is 10.3. The van der Waals surface area contributed by atoms with Crippen LogP contribution in [0, 0.1) is 0 Å². The molecule has 2 N–H and O–H groups in total. The van der Waals surface area contributed by atoms with Gasteiger partial charge in [-0.2, -0.15) is 4.98 Å². The molecular weight excluding hydrogens is 260 g/mol. The third-order valence-electron chi connectivity index (χ3n) is 2.43. The molecule has 3 aromatic rings. The summed E-state index contributed by atoms with van der Waals surface area (Å²) in [5, 5.41) is 10.9. The van der Waals surface area contributed by atoms with Crippen LogP contribution in [0.4, 0.5) is 11.6 Å². The second-order valence-corrected chi connectivity index (χ2v) is 4.79. The molecule has 0 aliphatic rings. The molecule has 5 nitrogen and oxygen atoms in total. The summed E-state index contributed by atoms with van der Waals surface area (Å²) in [6, 6.07) is 13.6. The highest BCUT2D eigenvalue weighted by molar-refractivity contribution is 7.98. The minimum absolute atomic E-state index is 0.563. The zero-order valence-corrected chi connectivity index (χ0v) is 10.9. The molecule has 0 aliphatic carbocycles. The van der Waals surface area contributed by atoms with E-state index in [1.54, 1.807) is 18.0 Å². The van der Waals surface area contributed by atoms with Gasteiger partial charge in [-0.1, -0.05) is 30.0 Å². The number of H-pyrrole nitrogens is 1. The average molecular weight is 272 g/mol. The molecule has 0 radical (unpaired) electrons. The van der Waals surface area contributed by atoms with Crippen LogP contribution in [0.15, 0.2) is 58.3 Å². The lowest BCUT2D eigenvalue weighted by Crippen LogP contribution is -1.91. The van der Waals surface area contributed by atoms with E-state index >= 15 is 0 Å². The van der Waals surface area contributed by atoms with Crippen molar-refractivity contribution in [3.63, 3.8) is 0 Å². The predicted octanol–water partition coefficient (Wildman–Crippen LogP) is 3.43. The van der Waals surface area contributed by atoms with E-state index in [2.05, 4.69) is 20.5 Å². The maximum Gasteiger partial charge on any atom is 0.247 e. The van der Waals surface area contributed by atoms with Gasteiger partial charge in [0.25, 0.3) is 0 Å². The van der Waals surface area contributed by atoms with Gasteiger partial charge in [-0.25, -0.2) is 0 Å². The van der Waals surface area contributed by atoms with Crippen molar-refractivity contribution in [2.75, 3.05) is 5.32 Å². The van der Waals surface area contributed by atoms with Crippen LogP contribution in [0.3, 0.4) is 0 Å². The number of para-hydroxylation sites is 1. The van der Waals surface area contributed by atoms with Crippen LogP contribution in [0.1, 0.15) is 5.76 Å². The number of hydrogen-bond acceptors (Lipinski definition) is 5. The van der Waals surface area contributed by atoms with Crippen LogP contribution in [0.2, 0.25) is 0 Å². The third-order valence-corrected chi connectivity index (χ3v) is 3.31. The molecule has 0 amide bonds. The lowest BCUT2D eigenvalue weighted by molar-refractivity contribution is 0.530. The van der Waals surface area contributed by atoms with Gasteiger partial charge in [0.05, 0.1) is 12.0 Å². The van der Waals surface area contributed by atoms with Gasteiger partial charge in [0, 0.05) is 5.69 Å². The van der Waals surface area contributed by atoms with E-state index in [0.717, 1.165) is 22.4 Å². The van der Waals surface area contributed by atoms with Crippen LogP contribution in [0.5, 0.6) is 0 Å². The first kappa shape index (κ1) is 11.9. The quantitative estimate of drug-likeness (QED) is 0.696. The highest BCUT2D eigenvalue weighted by Gasteiger charge is 2.05. The monoisotopic (exact) mass is 272 g/mol. The van der Waals surface area contributed by atoms with E-state index in [0.29, 0.717) is 5.95 Å². The molecule has 0 unspecified atom stereocenters. The number of aromatic nitrogens is 3. The van der Waals surface area contributed by atoms with Gasteiger partial charge in [0.2, 0.25) is 5.95 Å². The molecule has 1 aromatic carbocycles.